The molecule has 3 rings (SSSR count). The van der Waals surface area contributed by atoms with E-state index < -0.39 is 0 Å². The first-order valence-electron chi connectivity index (χ1n) is 10.1. The third-order valence-electron chi connectivity index (χ3n) is 5.46. The highest BCUT2D eigenvalue weighted by atomic mass is 35.5. The van der Waals surface area contributed by atoms with Gasteiger partial charge in [0.2, 0.25) is 0 Å². The van der Waals surface area contributed by atoms with Crippen LogP contribution in [0.2, 0.25) is 5.02 Å². The maximum absolute atomic E-state index is 9.35. The van der Waals surface area contributed by atoms with Crippen LogP contribution in [0.5, 0.6) is 0 Å². The second kappa shape index (κ2) is 9.98. The lowest BCUT2D eigenvalue weighted by Crippen LogP contribution is -2.46. The van der Waals surface area contributed by atoms with Crippen LogP contribution in [-0.4, -0.2) is 70.2 Å². The van der Waals surface area contributed by atoms with E-state index >= 15 is 0 Å². The van der Waals surface area contributed by atoms with Gasteiger partial charge in [0.1, 0.15) is 0 Å². The summed E-state index contributed by atoms with van der Waals surface area (Å²) in [7, 11) is 6.31. The average Bonchev–Trinajstić information content (AvgIpc) is 2.73. The molecule has 0 bridgehead atoms. The molecule has 1 saturated heterocycles. The molecular formula is C23H30ClN5. The Hall–Kier alpha value is -2.26. The fourth-order valence-corrected chi connectivity index (χ4v) is 3.81. The predicted octanol–water partition coefficient (Wildman–Crippen LogP) is 3.53. The summed E-state index contributed by atoms with van der Waals surface area (Å²) >= 11 is 6.01. The monoisotopic (exact) mass is 411 g/mol. The van der Waals surface area contributed by atoms with Gasteiger partial charge >= 0.3 is 0 Å². The molecule has 6 heteroatoms. The molecule has 5 nitrogen and oxygen atoms in total. The summed E-state index contributed by atoms with van der Waals surface area (Å²) in [6.45, 7) is 6.80. The molecule has 2 aromatic carbocycles. The maximum atomic E-state index is 9.35. The quantitative estimate of drug-likeness (QED) is 0.696. The zero-order valence-corrected chi connectivity index (χ0v) is 18.4. The number of anilines is 2. The second-order valence-electron chi connectivity index (χ2n) is 7.92. The molecule has 29 heavy (non-hydrogen) atoms. The normalized spacial score (nSPS) is 14.8. The van der Waals surface area contributed by atoms with Crippen LogP contribution in [0, 0.1) is 11.3 Å². The van der Waals surface area contributed by atoms with Gasteiger partial charge in [0.25, 0.3) is 0 Å². The molecule has 0 saturated carbocycles. The molecule has 0 aromatic heterocycles. The zero-order valence-electron chi connectivity index (χ0n) is 17.6. The molecule has 1 heterocycles. The van der Waals surface area contributed by atoms with E-state index in [9.17, 15) is 5.26 Å². The van der Waals surface area contributed by atoms with E-state index in [0.29, 0.717) is 0 Å². The first-order valence-corrected chi connectivity index (χ1v) is 10.5. The van der Waals surface area contributed by atoms with Crippen molar-refractivity contribution in [1.82, 2.24) is 9.80 Å². The molecule has 0 spiro atoms. The van der Waals surface area contributed by atoms with Crippen LogP contribution < -0.4 is 9.80 Å². The number of hydrogen-bond donors (Lipinski definition) is 0. The lowest BCUT2D eigenvalue weighted by Gasteiger charge is -2.37. The van der Waals surface area contributed by atoms with Crippen molar-refractivity contribution in [3.8, 4) is 6.07 Å². The minimum atomic E-state index is 0.726. The molecule has 154 valence electrons. The molecule has 0 atom stereocenters. The molecule has 1 fully saturated rings. The third-order valence-corrected chi connectivity index (χ3v) is 5.71. The molecular weight excluding hydrogens is 382 g/mol. The zero-order chi connectivity index (χ0) is 20.8. The molecule has 1 aliphatic rings. The summed E-state index contributed by atoms with van der Waals surface area (Å²) in [6, 6.07) is 16.4. The fraction of sp³-hybridized carbons (Fsp3) is 0.435. The summed E-state index contributed by atoms with van der Waals surface area (Å²) in [5.41, 5.74) is 4.39. The summed E-state index contributed by atoms with van der Waals surface area (Å²) in [4.78, 5) is 9.37. The fourth-order valence-electron chi connectivity index (χ4n) is 3.68. The van der Waals surface area contributed by atoms with E-state index in [1.54, 1.807) is 0 Å². The minimum absolute atomic E-state index is 0.726. The number of halogens is 1. The Balaban J connectivity index is 1.66. The highest BCUT2D eigenvalue weighted by Crippen LogP contribution is 2.25. The summed E-state index contributed by atoms with van der Waals surface area (Å²) < 4.78 is 0. The van der Waals surface area contributed by atoms with Gasteiger partial charge in [-0.05, 0) is 62.1 Å². The SMILES string of the molecule is CN(C)CCN(C)c1ccc(C#N)cc1CN1CCN(c2ccc(Cl)cc2)CC1. The number of piperazine rings is 1. The number of nitrogens with zero attached hydrogens (tertiary/aromatic N) is 5. The van der Waals surface area contributed by atoms with Crippen LogP contribution in [0.25, 0.3) is 0 Å². The van der Waals surface area contributed by atoms with Gasteiger partial charge in [-0.1, -0.05) is 11.6 Å². The van der Waals surface area contributed by atoms with Gasteiger partial charge in [-0.25, -0.2) is 0 Å². The standard InChI is InChI=1S/C23H30ClN5/c1-26(2)10-11-27(3)23-9-4-19(17-25)16-20(23)18-28-12-14-29(15-13-28)22-7-5-21(24)6-8-22/h4-9,16H,10-15,18H2,1-3H3. The van der Waals surface area contributed by atoms with Crippen molar-refractivity contribution in [2.24, 2.45) is 0 Å². The Kier molecular flexibility index (Phi) is 7.38. The Bertz CT molecular complexity index is 835. The van der Waals surface area contributed by atoms with E-state index in [4.69, 9.17) is 11.6 Å². The number of benzene rings is 2. The molecule has 0 radical (unpaired) electrons. The van der Waals surface area contributed by atoms with Gasteiger partial charge < -0.3 is 14.7 Å². The second-order valence-corrected chi connectivity index (χ2v) is 8.36. The van der Waals surface area contributed by atoms with Gasteiger partial charge in [0, 0.05) is 69.3 Å². The van der Waals surface area contributed by atoms with Crippen LogP contribution in [0.3, 0.4) is 0 Å². The molecule has 1 aliphatic heterocycles. The molecule has 0 N–H and O–H groups in total. The average molecular weight is 412 g/mol. The number of rotatable bonds is 7. The summed E-state index contributed by atoms with van der Waals surface area (Å²) in [5.74, 6) is 0. The first kappa shape index (κ1) is 21.4. The Labute approximate surface area is 179 Å². The van der Waals surface area contributed by atoms with E-state index in [1.165, 1.54) is 16.9 Å². The Morgan fingerprint density at radius 2 is 1.66 bits per heavy atom. The largest absolute Gasteiger partial charge is 0.373 e. The van der Waals surface area contributed by atoms with E-state index in [2.05, 4.69) is 65.0 Å². The molecule has 0 amide bonds. The molecule has 0 unspecified atom stereocenters. The van der Waals surface area contributed by atoms with E-state index in [0.717, 1.165) is 56.4 Å². The van der Waals surface area contributed by atoms with Crippen LogP contribution >= 0.6 is 11.6 Å². The van der Waals surface area contributed by atoms with Crippen LogP contribution in [-0.2, 0) is 6.54 Å². The molecule has 0 aliphatic carbocycles. The van der Waals surface area contributed by atoms with Crippen molar-refractivity contribution in [1.29, 1.82) is 5.26 Å². The lowest BCUT2D eigenvalue weighted by molar-refractivity contribution is 0.250. The van der Waals surface area contributed by atoms with Crippen LogP contribution in [0.1, 0.15) is 11.1 Å². The van der Waals surface area contributed by atoms with Gasteiger partial charge in [-0.2, -0.15) is 5.26 Å². The van der Waals surface area contributed by atoms with Crippen molar-refractivity contribution < 1.29 is 0 Å². The van der Waals surface area contributed by atoms with Crippen molar-refractivity contribution >= 4 is 23.0 Å². The smallest absolute Gasteiger partial charge is 0.0991 e. The van der Waals surface area contributed by atoms with E-state index in [-0.39, 0.29) is 0 Å². The van der Waals surface area contributed by atoms with Crippen molar-refractivity contribution in [3.63, 3.8) is 0 Å². The van der Waals surface area contributed by atoms with Crippen LogP contribution in [0.4, 0.5) is 11.4 Å². The Morgan fingerprint density at radius 3 is 2.28 bits per heavy atom. The lowest BCUT2D eigenvalue weighted by atomic mass is 10.1. The number of hydrogen-bond acceptors (Lipinski definition) is 5. The van der Waals surface area contributed by atoms with Crippen molar-refractivity contribution in [2.75, 3.05) is 70.2 Å². The van der Waals surface area contributed by atoms with E-state index in [1.807, 2.05) is 24.3 Å². The highest BCUT2D eigenvalue weighted by molar-refractivity contribution is 6.30. The summed E-state index contributed by atoms with van der Waals surface area (Å²) in [5, 5.41) is 10.1. The number of likely N-dealkylation sites (N-methyl/N-ethyl adjacent to an activating group) is 2. The van der Waals surface area contributed by atoms with Crippen molar-refractivity contribution in [3.05, 3.63) is 58.6 Å². The number of nitriles is 1. The highest BCUT2D eigenvalue weighted by Gasteiger charge is 2.19. The maximum Gasteiger partial charge on any atom is 0.0991 e. The van der Waals surface area contributed by atoms with Crippen molar-refractivity contribution in [2.45, 2.75) is 6.54 Å². The topological polar surface area (TPSA) is 36.8 Å². The van der Waals surface area contributed by atoms with Crippen LogP contribution in [0.15, 0.2) is 42.5 Å². The minimum Gasteiger partial charge on any atom is -0.373 e. The van der Waals surface area contributed by atoms with Gasteiger partial charge in [0.05, 0.1) is 11.6 Å². The summed E-state index contributed by atoms with van der Waals surface area (Å²) in [6.07, 6.45) is 0. The van der Waals surface area contributed by atoms with Gasteiger partial charge in [-0.15, -0.1) is 0 Å². The van der Waals surface area contributed by atoms with Gasteiger partial charge in [-0.3, -0.25) is 4.90 Å². The third kappa shape index (κ3) is 5.86. The Morgan fingerprint density at radius 1 is 0.966 bits per heavy atom. The van der Waals surface area contributed by atoms with Gasteiger partial charge in [0.15, 0.2) is 0 Å². The molecule has 2 aromatic rings. The predicted molar refractivity (Wildman–Crippen MR) is 122 cm³/mol. The first-order chi connectivity index (χ1) is 14.0.